The zero-order chi connectivity index (χ0) is 12.1. The van der Waals surface area contributed by atoms with Crippen LogP contribution in [-0.4, -0.2) is 30.2 Å². The van der Waals surface area contributed by atoms with Crippen molar-refractivity contribution in [1.29, 1.82) is 0 Å². The fourth-order valence-corrected chi connectivity index (χ4v) is 2.16. The van der Waals surface area contributed by atoms with Crippen molar-refractivity contribution in [2.45, 2.75) is 38.5 Å². The number of hydrogen-bond acceptors (Lipinski definition) is 4. The number of ether oxygens (including phenoxy) is 1. The number of aryl methyl sites for hydroxylation is 1. The lowest BCUT2D eigenvalue weighted by atomic mass is 10.0. The highest BCUT2D eigenvalue weighted by Crippen LogP contribution is 2.24. The number of hydrogen-bond donors (Lipinski definition) is 1. The molecule has 1 aromatic heterocycles. The Balaban J connectivity index is 2.21. The largest absolute Gasteiger partial charge is 0.381 e. The van der Waals surface area contributed by atoms with E-state index in [1.54, 1.807) is 0 Å². The Morgan fingerprint density at radius 1 is 1.47 bits per heavy atom. The van der Waals surface area contributed by atoms with Gasteiger partial charge in [-0.1, -0.05) is 13.3 Å². The van der Waals surface area contributed by atoms with Crippen LogP contribution >= 0.6 is 0 Å². The fourth-order valence-electron chi connectivity index (χ4n) is 2.16. The normalized spacial score (nSPS) is 20.2. The van der Waals surface area contributed by atoms with Crippen LogP contribution in [0.1, 0.15) is 43.6 Å². The van der Waals surface area contributed by atoms with Gasteiger partial charge in [0.2, 0.25) is 0 Å². The molecule has 0 aromatic carbocycles. The number of rotatable bonds is 4. The molecule has 1 aliphatic heterocycles. The maximum Gasteiger partial charge on any atom is 0.136 e. The lowest BCUT2D eigenvalue weighted by Crippen LogP contribution is -2.19. The maximum absolute atomic E-state index is 5.51. The molecule has 1 N–H and O–H groups in total. The van der Waals surface area contributed by atoms with Gasteiger partial charge in [0.1, 0.15) is 11.6 Å². The molecule has 1 atom stereocenters. The summed E-state index contributed by atoms with van der Waals surface area (Å²) >= 11 is 0. The Morgan fingerprint density at radius 3 is 3.00 bits per heavy atom. The Kier molecular flexibility index (Phi) is 4.31. The van der Waals surface area contributed by atoms with Crippen LogP contribution < -0.4 is 5.32 Å². The lowest BCUT2D eigenvalue weighted by molar-refractivity contribution is 0.0780. The van der Waals surface area contributed by atoms with Crippen LogP contribution in [0.15, 0.2) is 6.07 Å². The molecule has 0 saturated carbocycles. The van der Waals surface area contributed by atoms with Gasteiger partial charge in [0, 0.05) is 31.3 Å². The summed E-state index contributed by atoms with van der Waals surface area (Å²) in [6, 6.07) is 2.04. The molecule has 0 amide bonds. The van der Waals surface area contributed by atoms with Crippen LogP contribution in [0.2, 0.25) is 0 Å². The van der Waals surface area contributed by atoms with E-state index < -0.39 is 0 Å². The van der Waals surface area contributed by atoms with E-state index >= 15 is 0 Å². The van der Waals surface area contributed by atoms with E-state index in [4.69, 9.17) is 4.74 Å². The molecule has 1 fully saturated rings. The highest BCUT2D eigenvalue weighted by Gasteiger charge is 2.19. The molecule has 1 saturated heterocycles. The fraction of sp³-hybridized carbons (Fsp3) is 0.692. The molecule has 0 spiro atoms. The van der Waals surface area contributed by atoms with E-state index in [1.807, 2.05) is 13.1 Å². The first kappa shape index (κ1) is 12.3. The van der Waals surface area contributed by atoms with Crippen LogP contribution in [0.5, 0.6) is 0 Å². The third-order valence-corrected chi connectivity index (χ3v) is 3.08. The summed E-state index contributed by atoms with van der Waals surface area (Å²) in [6.07, 6.45) is 4.37. The Labute approximate surface area is 103 Å². The average molecular weight is 235 g/mol. The second-order valence-corrected chi connectivity index (χ2v) is 4.52. The molecule has 2 rings (SSSR count). The van der Waals surface area contributed by atoms with Crippen molar-refractivity contribution in [1.82, 2.24) is 9.97 Å². The summed E-state index contributed by atoms with van der Waals surface area (Å²) in [5, 5.41) is 3.11. The van der Waals surface area contributed by atoms with Gasteiger partial charge in [0.05, 0.1) is 6.61 Å². The summed E-state index contributed by atoms with van der Waals surface area (Å²) in [4.78, 5) is 9.22. The number of anilines is 1. The van der Waals surface area contributed by atoms with Gasteiger partial charge < -0.3 is 10.1 Å². The molecule has 2 heterocycles. The molecule has 4 nitrogen and oxygen atoms in total. The van der Waals surface area contributed by atoms with Crippen molar-refractivity contribution in [2.75, 3.05) is 25.6 Å². The van der Waals surface area contributed by atoms with Gasteiger partial charge >= 0.3 is 0 Å². The first-order chi connectivity index (χ1) is 8.33. The molecule has 0 bridgehead atoms. The smallest absolute Gasteiger partial charge is 0.136 e. The Bertz CT molecular complexity index is 362. The zero-order valence-corrected chi connectivity index (χ0v) is 10.7. The van der Waals surface area contributed by atoms with Crippen molar-refractivity contribution in [3.05, 3.63) is 17.6 Å². The van der Waals surface area contributed by atoms with Crippen LogP contribution in [-0.2, 0) is 11.2 Å². The van der Waals surface area contributed by atoms with Crippen LogP contribution in [0, 0.1) is 0 Å². The molecule has 17 heavy (non-hydrogen) atoms. The molecule has 4 heteroatoms. The Morgan fingerprint density at radius 2 is 2.35 bits per heavy atom. The van der Waals surface area contributed by atoms with Crippen LogP contribution in [0.3, 0.4) is 0 Å². The molecular formula is C13H21N3O. The van der Waals surface area contributed by atoms with E-state index in [9.17, 15) is 0 Å². The predicted molar refractivity (Wildman–Crippen MR) is 68.4 cm³/mol. The van der Waals surface area contributed by atoms with Gasteiger partial charge in [-0.05, 0) is 19.3 Å². The third-order valence-electron chi connectivity index (χ3n) is 3.08. The van der Waals surface area contributed by atoms with E-state index in [0.717, 1.165) is 56.2 Å². The standard InChI is InChI=1S/C13H21N3O/c1-3-5-11-8-12(14-2)16-13(15-11)10-6-4-7-17-9-10/h8,10H,3-7,9H2,1-2H3,(H,14,15,16). The highest BCUT2D eigenvalue weighted by atomic mass is 16.5. The van der Waals surface area contributed by atoms with E-state index in [1.165, 1.54) is 0 Å². The predicted octanol–water partition coefficient (Wildman–Crippen LogP) is 2.36. The van der Waals surface area contributed by atoms with Crippen molar-refractivity contribution in [2.24, 2.45) is 0 Å². The van der Waals surface area contributed by atoms with Crippen LogP contribution in [0.25, 0.3) is 0 Å². The summed E-state index contributed by atoms with van der Waals surface area (Å²) < 4.78 is 5.51. The Hall–Kier alpha value is -1.16. The van der Waals surface area contributed by atoms with Gasteiger partial charge in [0.25, 0.3) is 0 Å². The third kappa shape index (κ3) is 3.16. The zero-order valence-electron chi connectivity index (χ0n) is 10.7. The first-order valence-electron chi connectivity index (χ1n) is 6.46. The number of aromatic nitrogens is 2. The van der Waals surface area contributed by atoms with Crippen molar-refractivity contribution >= 4 is 5.82 Å². The summed E-state index contributed by atoms with van der Waals surface area (Å²) in [5.41, 5.74) is 1.13. The minimum Gasteiger partial charge on any atom is -0.381 e. The molecule has 94 valence electrons. The molecule has 1 unspecified atom stereocenters. The van der Waals surface area contributed by atoms with Gasteiger partial charge in [-0.3, -0.25) is 0 Å². The minimum atomic E-state index is 0.368. The molecule has 1 aliphatic rings. The summed E-state index contributed by atoms with van der Waals surface area (Å²) in [6.45, 7) is 3.81. The van der Waals surface area contributed by atoms with Crippen molar-refractivity contribution < 1.29 is 4.74 Å². The van der Waals surface area contributed by atoms with Gasteiger partial charge in [-0.15, -0.1) is 0 Å². The van der Waals surface area contributed by atoms with Crippen LogP contribution in [0.4, 0.5) is 5.82 Å². The summed E-state index contributed by atoms with van der Waals surface area (Å²) in [5.74, 6) is 2.23. The second-order valence-electron chi connectivity index (χ2n) is 4.52. The summed E-state index contributed by atoms with van der Waals surface area (Å²) in [7, 11) is 1.90. The first-order valence-corrected chi connectivity index (χ1v) is 6.46. The van der Waals surface area contributed by atoms with Crippen molar-refractivity contribution in [3.63, 3.8) is 0 Å². The number of nitrogens with zero attached hydrogens (tertiary/aromatic N) is 2. The lowest BCUT2D eigenvalue weighted by Gasteiger charge is -2.21. The second kappa shape index (κ2) is 5.96. The topological polar surface area (TPSA) is 47.0 Å². The van der Waals surface area contributed by atoms with Gasteiger partial charge in [-0.25, -0.2) is 9.97 Å². The monoisotopic (exact) mass is 235 g/mol. The van der Waals surface area contributed by atoms with Gasteiger partial charge in [0.15, 0.2) is 0 Å². The molecule has 0 aliphatic carbocycles. The van der Waals surface area contributed by atoms with E-state index in [0.29, 0.717) is 5.92 Å². The number of nitrogens with one attached hydrogen (secondary N) is 1. The van der Waals surface area contributed by atoms with Crippen molar-refractivity contribution in [3.8, 4) is 0 Å². The van der Waals surface area contributed by atoms with E-state index in [2.05, 4.69) is 22.2 Å². The minimum absolute atomic E-state index is 0.368. The van der Waals surface area contributed by atoms with Gasteiger partial charge in [-0.2, -0.15) is 0 Å². The highest BCUT2D eigenvalue weighted by molar-refractivity contribution is 5.35. The molecule has 1 aromatic rings. The SMILES string of the molecule is CCCc1cc(NC)nc(C2CCCOC2)n1. The average Bonchev–Trinajstić information content (AvgIpc) is 2.40. The molecule has 0 radical (unpaired) electrons. The maximum atomic E-state index is 5.51. The van der Waals surface area contributed by atoms with E-state index in [-0.39, 0.29) is 0 Å². The quantitative estimate of drug-likeness (QED) is 0.870. The molecular weight excluding hydrogens is 214 g/mol.